The minimum Gasteiger partial charge on any atom is -0.497 e. The van der Waals surface area contributed by atoms with Crippen molar-refractivity contribution in [3.05, 3.63) is 59.7 Å². The van der Waals surface area contributed by atoms with Gasteiger partial charge >= 0.3 is 0 Å². The molecule has 1 unspecified atom stereocenters. The fourth-order valence-electron chi connectivity index (χ4n) is 2.58. The van der Waals surface area contributed by atoms with Crippen LogP contribution in [0.15, 0.2) is 48.5 Å². The van der Waals surface area contributed by atoms with E-state index in [-0.39, 0.29) is 0 Å². The lowest BCUT2D eigenvalue weighted by atomic mass is 10.0. The monoisotopic (exact) mass is 283 g/mol. The van der Waals surface area contributed by atoms with Gasteiger partial charge in [-0.3, -0.25) is 0 Å². The molecule has 2 nitrogen and oxygen atoms in total. The van der Waals surface area contributed by atoms with E-state index in [1.165, 1.54) is 23.2 Å². The third-order valence-corrected chi connectivity index (χ3v) is 3.64. The SMILES string of the molecule is CCCc1ccccc1NC(C)Cc1ccc(OC)cc1. The highest BCUT2D eigenvalue weighted by atomic mass is 16.5. The van der Waals surface area contributed by atoms with Crippen LogP contribution in [-0.4, -0.2) is 13.2 Å². The lowest BCUT2D eigenvalue weighted by molar-refractivity contribution is 0.414. The predicted molar refractivity (Wildman–Crippen MR) is 90.2 cm³/mol. The molecule has 0 fully saturated rings. The Hall–Kier alpha value is -1.96. The smallest absolute Gasteiger partial charge is 0.118 e. The normalized spacial score (nSPS) is 12.0. The summed E-state index contributed by atoms with van der Waals surface area (Å²) >= 11 is 0. The third kappa shape index (κ3) is 4.52. The van der Waals surface area contributed by atoms with Crippen molar-refractivity contribution < 1.29 is 4.74 Å². The first-order valence-electron chi connectivity index (χ1n) is 7.70. The molecule has 0 amide bonds. The Kier molecular flexibility index (Phi) is 5.68. The van der Waals surface area contributed by atoms with Crippen LogP contribution in [0.4, 0.5) is 5.69 Å². The van der Waals surface area contributed by atoms with Crippen LogP contribution in [0.1, 0.15) is 31.4 Å². The fourth-order valence-corrected chi connectivity index (χ4v) is 2.58. The fraction of sp³-hybridized carbons (Fsp3) is 0.368. The van der Waals surface area contributed by atoms with Gasteiger partial charge in [0.05, 0.1) is 7.11 Å². The van der Waals surface area contributed by atoms with E-state index in [1.807, 2.05) is 12.1 Å². The lowest BCUT2D eigenvalue weighted by Crippen LogP contribution is -2.19. The number of nitrogens with one attached hydrogen (secondary N) is 1. The summed E-state index contributed by atoms with van der Waals surface area (Å²) in [5.41, 5.74) is 3.99. The number of hydrogen-bond donors (Lipinski definition) is 1. The lowest BCUT2D eigenvalue weighted by Gasteiger charge is -2.18. The molecule has 0 saturated heterocycles. The molecule has 0 aliphatic rings. The maximum absolute atomic E-state index is 5.20. The first kappa shape index (κ1) is 15.4. The van der Waals surface area contributed by atoms with Gasteiger partial charge in [0.2, 0.25) is 0 Å². The van der Waals surface area contributed by atoms with Crippen LogP contribution in [0.3, 0.4) is 0 Å². The molecule has 0 bridgehead atoms. The minimum absolute atomic E-state index is 0.399. The molecule has 0 aliphatic heterocycles. The van der Waals surface area contributed by atoms with E-state index in [9.17, 15) is 0 Å². The Balaban J connectivity index is 1.99. The molecule has 0 heterocycles. The molecule has 0 spiro atoms. The highest BCUT2D eigenvalue weighted by Crippen LogP contribution is 2.19. The molecule has 0 aliphatic carbocycles. The Morgan fingerprint density at radius 2 is 1.76 bits per heavy atom. The summed E-state index contributed by atoms with van der Waals surface area (Å²) in [6.07, 6.45) is 3.30. The maximum atomic E-state index is 5.20. The maximum Gasteiger partial charge on any atom is 0.118 e. The molecule has 2 aromatic carbocycles. The summed E-state index contributed by atoms with van der Waals surface area (Å²) in [6, 6.07) is 17.3. The third-order valence-electron chi connectivity index (χ3n) is 3.64. The zero-order valence-electron chi connectivity index (χ0n) is 13.2. The summed E-state index contributed by atoms with van der Waals surface area (Å²) in [5, 5.41) is 3.64. The number of aryl methyl sites for hydroxylation is 1. The van der Waals surface area contributed by atoms with Crippen molar-refractivity contribution in [2.45, 2.75) is 39.2 Å². The van der Waals surface area contributed by atoms with Crippen LogP contribution in [-0.2, 0) is 12.8 Å². The molecule has 2 heteroatoms. The largest absolute Gasteiger partial charge is 0.497 e. The Bertz CT molecular complexity index is 548. The van der Waals surface area contributed by atoms with Crippen LogP contribution < -0.4 is 10.1 Å². The zero-order chi connectivity index (χ0) is 15.1. The summed E-state index contributed by atoms with van der Waals surface area (Å²) in [4.78, 5) is 0. The second-order valence-corrected chi connectivity index (χ2v) is 5.50. The molecule has 21 heavy (non-hydrogen) atoms. The van der Waals surface area contributed by atoms with Crippen LogP contribution in [0, 0.1) is 0 Å². The molecule has 2 aromatic rings. The first-order valence-corrected chi connectivity index (χ1v) is 7.70. The van der Waals surface area contributed by atoms with Crippen molar-refractivity contribution in [3.8, 4) is 5.75 Å². The van der Waals surface area contributed by atoms with Gasteiger partial charge in [-0.05, 0) is 49.1 Å². The second-order valence-electron chi connectivity index (χ2n) is 5.50. The summed E-state index contributed by atoms with van der Waals surface area (Å²) in [5.74, 6) is 0.910. The van der Waals surface area contributed by atoms with Crippen molar-refractivity contribution in [2.24, 2.45) is 0 Å². The molecule has 1 N–H and O–H groups in total. The van der Waals surface area contributed by atoms with Crippen LogP contribution in [0.2, 0.25) is 0 Å². The molecule has 0 aromatic heterocycles. The average Bonchev–Trinajstić information content (AvgIpc) is 2.50. The number of anilines is 1. The number of ether oxygens (including phenoxy) is 1. The van der Waals surface area contributed by atoms with Gasteiger partial charge in [-0.2, -0.15) is 0 Å². The van der Waals surface area contributed by atoms with E-state index in [0.717, 1.165) is 18.6 Å². The first-order chi connectivity index (χ1) is 10.2. The molecule has 112 valence electrons. The van der Waals surface area contributed by atoms with Gasteiger partial charge in [-0.25, -0.2) is 0 Å². The van der Waals surface area contributed by atoms with Crippen LogP contribution >= 0.6 is 0 Å². The van der Waals surface area contributed by atoms with Gasteiger partial charge in [0, 0.05) is 11.7 Å². The number of methoxy groups -OCH3 is 1. The van der Waals surface area contributed by atoms with E-state index in [0.29, 0.717) is 6.04 Å². The average molecular weight is 283 g/mol. The number of rotatable bonds is 7. The summed E-state index contributed by atoms with van der Waals surface area (Å²) < 4.78 is 5.20. The van der Waals surface area contributed by atoms with Gasteiger partial charge in [0.15, 0.2) is 0 Å². The van der Waals surface area contributed by atoms with E-state index in [2.05, 4.69) is 55.6 Å². The quantitative estimate of drug-likeness (QED) is 0.796. The highest BCUT2D eigenvalue weighted by Gasteiger charge is 2.07. The van der Waals surface area contributed by atoms with E-state index in [1.54, 1.807) is 7.11 Å². The Morgan fingerprint density at radius 1 is 1.05 bits per heavy atom. The van der Waals surface area contributed by atoms with Gasteiger partial charge in [-0.1, -0.05) is 43.7 Å². The molecular weight excluding hydrogens is 258 g/mol. The molecule has 1 atom stereocenters. The molecule has 0 radical (unpaired) electrons. The second kappa shape index (κ2) is 7.72. The standard InChI is InChI=1S/C19H25NO/c1-4-7-17-8-5-6-9-19(17)20-15(2)14-16-10-12-18(21-3)13-11-16/h5-6,8-13,15,20H,4,7,14H2,1-3H3. The highest BCUT2D eigenvalue weighted by molar-refractivity contribution is 5.52. The molecule has 2 rings (SSSR count). The molecule has 0 saturated carbocycles. The van der Waals surface area contributed by atoms with Crippen molar-refractivity contribution >= 4 is 5.69 Å². The van der Waals surface area contributed by atoms with Gasteiger partial charge in [0.1, 0.15) is 5.75 Å². The van der Waals surface area contributed by atoms with Crippen LogP contribution in [0.25, 0.3) is 0 Å². The topological polar surface area (TPSA) is 21.3 Å². The Labute approximate surface area is 128 Å². The summed E-state index contributed by atoms with van der Waals surface area (Å²) in [7, 11) is 1.70. The number of hydrogen-bond acceptors (Lipinski definition) is 2. The van der Waals surface area contributed by atoms with Gasteiger partial charge < -0.3 is 10.1 Å². The van der Waals surface area contributed by atoms with Gasteiger partial charge in [-0.15, -0.1) is 0 Å². The molecular formula is C19H25NO. The summed E-state index contributed by atoms with van der Waals surface area (Å²) in [6.45, 7) is 4.45. The van der Waals surface area contributed by atoms with E-state index >= 15 is 0 Å². The zero-order valence-corrected chi connectivity index (χ0v) is 13.2. The van der Waals surface area contributed by atoms with Crippen LogP contribution in [0.5, 0.6) is 5.75 Å². The Morgan fingerprint density at radius 3 is 2.43 bits per heavy atom. The number of para-hydroxylation sites is 1. The van der Waals surface area contributed by atoms with Crippen molar-refractivity contribution in [3.63, 3.8) is 0 Å². The van der Waals surface area contributed by atoms with Crippen molar-refractivity contribution in [1.29, 1.82) is 0 Å². The minimum atomic E-state index is 0.399. The predicted octanol–water partition coefficient (Wildman–Crippen LogP) is 4.69. The van der Waals surface area contributed by atoms with Crippen molar-refractivity contribution in [2.75, 3.05) is 12.4 Å². The van der Waals surface area contributed by atoms with Crippen molar-refractivity contribution in [1.82, 2.24) is 0 Å². The number of benzene rings is 2. The van der Waals surface area contributed by atoms with Gasteiger partial charge in [0.25, 0.3) is 0 Å². The van der Waals surface area contributed by atoms with E-state index < -0.39 is 0 Å². The van der Waals surface area contributed by atoms with E-state index in [4.69, 9.17) is 4.74 Å².